The van der Waals surface area contributed by atoms with Gasteiger partial charge >= 0.3 is 0 Å². The fourth-order valence-electron chi connectivity index (χ4n) is 3.39. The third-order valence-corrected chi connectivity index (χ3v) is 5.09. The van der Waals surface area contributed by atoms with Gasteiger partial charge in [0.05, 0.1) is 0 Å². The summed E-state index contributed by atoms with van der Waals surface area (Å²) in [6.45, 7) is 5.24. The van der Waals surface area contributed by atoms with Crippen LogP contribution in [0, 0.1) is 0 Å². The average Bonchev–Trinajstić information content (AvgIpc) is 2.62. The highest BCUT2D eigenvalue weighted by molar-refractivity contribution is 5.95. The largest absolute Gasteiger partial charge is 0.355 e. The number of rotatable bonds is 3. The van der Waals surface area contributed by atoms with Crippen molar-refractivity contribution in [2.24, 2.45) is 0 Å². The monoisotopic (exact) mass is 337 g/mol. The number of piperazine rings is 1. The molecule has 0 saturated carbocycles. The minimum Gasteiger partial charge on any atom is -0.355 e. The fourth-order valence-corrected chi connectivity index (χ4v) is 3.39. The van der Waals surface area contributed by atoms with Crippen LogP contribution in [0.25, 0.3) is 0 Å². The molecular formula is C19H23N5O. The minimum absolute atomic E-state index is 0.110. The predicted molar refractivity (Wildman–Crippen MR) is 96.8 cm³/mol. The quantitative estimate of drug-likeness (QED) is 0.849. The molecule has 1 amide bonds. The molecule has 4 heterocycles. The molecule has 2 aromatic heterocycles. The Morgan fingerprint density at radius 2 is 1.84 bits per heavy atom. The molecule has 2 aliphatic rings. The van der Waals surface area contributed by atoms with Crippen LogP contribution >= 0.6 is 0 Å². The zero-order valence-corrected chi connectivity index (χ0v) is 14.5. The lowest BCUT2D eigenvalue weighted by Gasteiger charge is -2.40. The van der Waals surface area contributed by atoms with Crippen molar-refractivity contribution < 1.29 is 4.79 Å². The molecule has 0 spiro atoms. The van der Waals surface area contributed by atoms with Gasteiger partial charge in [0.15, 0.2) is 0 Å². The van der Waals surface area contributed by atoms with Crippen LogP contribution < -0.4 is 4.90 Å². The number of carbonyl (C=O) groups excluding carboxylic acids is 1. The van der Waals surface area contributed by atoms with E-state index in [1.165, 1.54) is 0 Å². The Morgan fingerprint density at radius 3 is 2.56 bits per heavy atom. The molecule has 0 radical (unpaired) electrons. The highest BCUT2D eigenvalue weighted by atomic mass is 16.2. The first-order valence-electron chi connectivity index (χ1n) is 8.80. The molecule has 4 rings (SSSR count). The summed E-state index contributed by atoms with van der Waals surface area (Å²) in [5.74, 6) is 1.44. The normalized spacial score (nSPS) is 18.9. The molecule has 0 unspecified atom stereocenters. The van der Waals surface area contributed by atoms with Gasteiger partial charge in [0.25, 0.3) is 5.91 Å². The van der Waals surface area contributed by atoms with E-state index in [4.69, 9.17) is 0 Å². The van der Waals surface area contributed by atoms with Gasteiger partial charge in [-0.25, -0.2) is 4.98 Å². The van der Waals surface area contributed by atoms with E-state index in [0.717, 1.165) is 56.3 Å². The van der Waals surface area contributed by atoms with Crippen molar-refractivity contribution in [2.45, 2.75) is 5.92 Å². The number of likely N-dealkylation sites (N-methyl/N-ethyl adjacent to an activating group) is 1. The molecule has 0 N–H and O–H groups in total. The van der Waals surface area contributed by atoms with E-state index in [2.05, 4.69) is 32.9 Å². The van der Waals surface area contributed by atoms with Gasteiger partial charge in [-0.15, -0.1) is 0 Å². The van der Waals surface area contributed by atoms with Gasteiger partial charge in [-0.05, 0) is 31.3 Å². The summed E-state index contributed by atoms with van der Waals surface area (Å²) in [4.78, 5) is 28.0. The minimum atomic E-state index is 0.110. The Labute approximate surface area is 148 Å². The van der Waals surface area contributed by atoms with Gasteiger partial charge in [0, 0.05) is 68.8 Å². The molecule has 6 heteroatoms. The van der Waals surface area contributed by atoms with Crippen molar-refractivity contribution in [3.63, 3.8) is 0 Å². The van der Waals surface area contributed by atoms with Crippen LogP contribution in [0.3, 0.4) is 0 Å². The summed E-state index contributed by atoms with van der Waals surface area (Å²) in [6, 6.07) is 9.78. The smallest absolute Gasteiger partial charge is 0.254 e. The lowest BCUT2D eigenvalue weighted by molar-refractivity contribution is 0.0664. The number of nitrogens with zero attached hydrogens (tertiary/aromatic N) is 5. The van der Waals surface area contributed by atoms with Gasteiger partial charge in [-0.2, -0.15) is 0 Å². The average molecular weight is 337 g/mol. The van der Waals surface area contributed by atoms with Gasteiger partial charge < -0.3 is 14.7 Å². The second-order valence-electron chi connectivity index (χ2n) is 6.85. The number of hydrogen-bond acceptors (Lipinski definition) is 5. The number of anilines is 1. The maximum atomic E-state index is 12.7. The molecule has 0 aliphatic carbocycles. The molecule has 2 aromatic rings. The zero-order chi connectivity index (χ0) is 17.2. The first-order chi connectivity index (χ1) is 12.2. The van der Waals surface area contributed by atoms with Crippen molar-refractivity contribution >= 4 is 11.7 Å². The Kier molecular flexibility index (Phi) is 4.36. The molecule has 0 bridgehead atoms. The van der Waals surface area contributed by atoms with E-state index in [-0.39, 0.29) is 5.91 Å². The summed E-state index contributed by atoms with van der Waals surface area (Å²) in [5, 5.41) is 0. The van der Waals surface area contributed by atoms with Crippen molar-refractivity contribution in [1.82, 2.24) is 19.8 Å². The molecule has 0 atom stereocenters. The lowest BCUT2D eigenvalue weighted by Crippen LogP contribution is -2.47. The Morgan fingerprint density at radius 1 is 1.04 bits per heavy atom. The molecule has 2 aliphatic heterocycles. The molecule has 6 nitrogen and oxygen atoms in total. The number of hydrogen-bond donors (Lipinski definition) is 0. The number of aromatic nitrogens is 2. The van der Waals surface area contributed by atoms with Gasteiger partial charge in [-0.3, -0.25) is 9.78 Å². The molecule has 2 fully saturated rings. The van der Waals surface area contributed by atoms with Crippen LogP contribution in [0.15, 0.2) is 42.7 Å². The molecule has 25 heavy (non-hydrogen) atoms. The van der Waals surface area contributed by atoms with Crippen LogP contribution in [0.5, 0.6) is 0 Å². The predicted octanol–water partition coefficient (Wildman–Crippen LogP) is 1.47. The number of carbonyl (C=O) groups is 1. The van der Waals surface area contributed by atoms with E-state index in [1.807, 2.05) is 35.4 Å². The zero-order valence-electron chi connectivity index (χ0n) is 14.5. The first kappa shape index (κ1) is 16.0. The molecule has 130 valence electrons. The van der Waals surface area contributed by atoms with E-state index in [1.54, 1.807) is 6.20 Å². The number of amides is 1. The van der Waals surface area contributed by atoms with Gasteiger partial charge in [0.2, 0.25) is 0 Å². The Balaban J connectivity index is 1.41. The van der Waals surface area contributed by atoms with Gasteiger partial charge in [0.1, 0.15) is 5.82 Å². The van der Waals surface area contributed by atoms with Crippen LogP contribution in [0.2, 0.25) is 0 Å². The van der Waals surface area contributed by atoms with Gasteiger partial charge in [-0.1, -0.05) is 6.07 Å². The van der Waals surface area contributed by atoms with Crippen LogP contribution in [0.1, 0.15) is 22.0 Å². The molecule has 2 saturated heterocycles. The highest BCUT2D eigenvalue weighted by Crippen LogP contribution is 2.29. The number of pyridine rings is 2. The second kappa shape index (κ2) is 6.80. The maximum absolute atomic E-state index is 12.7. The van der Waals surface area contributed by atoms with Crippen molar-refractivity contribution in [3.8, 4) is 0 Å². The third kappa shape index (κ3) is 3.35. The fraction of sp³-hybridized carbons (Fsp3) is 0.421. The molecular weight excluding hydrogens is 314 g/mol. The van der Waals surface area contributed by atoms with E-state index < -0.39 is 0 Å². The van der Waals surface area contributed by atoms with E-state index >= 15 is 0 Å². The second-order valence-corrected chi connectivity index (χ2v) is 6.85. The lowest BCUT2D eigenvalue weighted by atomic mass is 9.95. The summed E-state index contributed by atoms with van der Waals surface area (Å²) in [5.41, 5.74) is 1.86. The van der Waals surface area contributed by atoms with Crippen molar-refractivity contribution in [1.29, 1.82) is 0 Å². The highest BCUT2D eigenvalue weighted by Gasteiger charge is 2.30. The summed E-state index contributed by atoms with van der Waals surface area (Å²) >= 11 is 0. The van der Waals surface area contributed by atoms with E-state index in [0.29, 0.717) is 5.92 Å². The van der Waals surface area contributed by atoms with Crippen molar-refractivity contribution in [3.05, 3.63) is 54.0 Å². The summed E-state index contributed by atoms with van der Waals surface area (Å²) in [7, 11) is 2.09. The van der Waals surface area contributed by atoms with Crippen LogP contribution in [-0.4, -0.2) is 72.0 Å². The summed E-state index contributed by atoms with van der Waals surface area (Å²) < 4.78 is 0. The Hall–Kier alpha value is -2.47. The maximum Gasteiger partial charge on any atom is 0.254 e. The summed E-state index contributed by atoms with van der Waals surface area (Å²) in [6.07, 6.45) is 3.58. The molecule has 0 aromatic carbocycles. The van der Waals surface area contributed by atoms with E-state index in [9.17, 15) is 4.79 Å². The third-order valence-electron chi connectivity index (χ3n) is 5.09. The van der Waals surface area contributed by atoms with Crippen LogP contribution in [-0.2, 0) is 0 Å². The van der Waals surface area contributed by atoms with Crippen molar-refractivity contribution in [2.75, 3.05) is 51.2 Å². The Bertz CT molecular complexity index is 736. The first-order valence-corrected chi connectivity index (χ1v) is 8.80. The van der Waals surface area contributed by atoms with Crippen LogP contribution in [0.4, 0.5) is 5.82 Å². The standard InChI is InChI=1S/C19H23N5O/c1-22-8-10-23(11-9-22)19(25)15-5-7-21-18(12-15)24-13-16(14-24)17-4-2-3-6-20-17/h2-7,12,16H,8-11,13-14H2,1H3. The topological polar surface area (TPSA) is 52.6 Å². The SMILES string of the molecule is CN1CCN(C(=O)c2ccnc(N3CC(c4ccccn4)C3)c2)CC1.